The van der Waals surface area contributed by atoms with Gasteiger partial charge in [-0.2, -0.15) is 0 Å². The van der Waals surface area contributed by atoms with Gasteiger partial charge in [0, 0.05) is 12.0 Å². The molecule has 0 radical (unpaired) electrons. The van der Waals surface area contributed by atoms with Gasteiger partial charge in [0.2, 0.25) is 11.5 Å². The van der Waals surface area contributed by atoms with Gasteiger partial charge in [-0.25, -0.2) is 4.58 Å². The Morgan fingerprint density at radius 3 is 1.73 bits per heavy atom. The monoisotopic (exact) mass is 416 g/mol. The largest absolute Gasteiger partial charge is 0.493 e. The van der Waals surface area contributed by atoms with E-state index in [1.54, 1.807) is 42.7 Å². The molecule has 0 saturated carbocycles. The molecule has 7 heteroatoms. The summed E-state index contributed by atoms with van der Waals surface area (Å²) in [7, 11) is 11.9. The van der Waals surface area contributed by atoms with Crippen molar-refractivity contribution < 1.29 is 33.0 Å². The quantitative estimate of drug-likeness (QED) is 0.617. The maximum atomic E-state index is 5.72. The van der Waals surface area contributed by atoms with E-state index in [1.807, 2.05) is 18.2 Å². The summed E-state index contributed by atoms with van der Waals surface area (Å²) in [5, 5.41) is 0. The van der Waals surface area contributed by atoms with Crippen molar-refractivity contribution in [2.75, 3.05) is 56.3 Å². The van der Waals surface area contributed by atoms with E-state index >= 15 is 0 Å². The molecule has 0 aromatic heterocycles. The van der Waals surface area contributed by atoms with Gasteiger partial charge in [-0.05, 0) is 23.8 Å². The van der Waals surface area contributed by atoms with Gasteiger partial charge in [0.1, 0.15) is 13.6 Å². The van der Waals surface area contributed by atoms with Gasteiger partial charge < -0.3 is 28.4 Å². The van der Waals surface area contributed by atoms with Crippen LogP contribution in [0, 0.1) is 0 Å². The van der Waals surface area contributed by atoms with E-state index in [2.05, 4.69) is 11.6 Å². The summed E-state index contributed by atoms with van der Waals surface area (Å²) in [5.74, 6) is 3.84. The Morgan fingerprint density at radius 2 is 1.23 bits per heavy atom. The summed E-state index contributed by atoms with van der Waals surface area (Å²) in [6.45, 7) is 0.874. The minimum atomic E-state index is 0.583. The summed E-state index contributed by atoms with van der Waals surface area (Å²) < 4.78 is 35.6. The molecular formula is C23H30NO6+. The van der Waals surface area contributed by atoms with E-state index in [1.165, 1.54) is 0 Å². The molecular weight excluding hydrogens is 386 g/mol. The zero-order valence-electron chi connectivity index (χ0n) is 18.8. The number of fused-ring (bicyclic) bond motifs is 1. The molecule has 0 amide bonds. The Morgan fingerprint density at radius 1 is 0.700 bits per heavy atom. The fraction of sp³-hybridized carbons (Fsp3) is 0.435. The summed E-state index contributed by atoms with van der Waals surface area (Å²) in [6, 6.07) is 5.99. The molecule has 1 aliphatic rings. The zero-order valence-corrected chi connectivity index (χ0v) is 18.8. The average molecular weight is 416 g/mol. The van der Waals surface area contributed by atoms with Crippen LogP contribution in [0.25, 0.3) is 0 Å². The second kappa shape index (κ2) is 9.15. The number of hydrogen-bond acceptors (Lipinski definition) is 6. The van der Waals surface area contributed by atoms with Crippen LogP contribution in [0.1, 0.15) is 16.7 Å². The van der Waals surface area contributed by atoms with E-state index < -0.39 is 0 Å². The predicted octanol–water partition coefficient (Wildman–Crippen LogP) is 2.97. The van der Waals surface area contributed by atoms with Gasteiger partial charge >= 0.3 is 0 Å². The lowest BCUT2D eigenvalue weighted by atomic mass is 9.91. The zero-order chi connectivity index (χ0) is 21.8. The van der Waals surface area contributed by atoms with E-state index in [0.29, 0.717) is 35.2 Å². The third-order valence-electron chi connectivity index (χ3n) is 5.50. The first kappa shape index (κ1) is 21.6. The highest BCUT2D eigenvalue weighted by Gasteiger charge is 2.31. The highest BCUT2D eigenvalue weighted by atomic mass is 16.5. The van der Waals surface area contributed by atoms with E-state index in [-0.39, 0.29) is 0 Å². The molecule has 0 spiro atoms. The molecule has 0 saturated heterocycles. The van der Waals surface area contributed by atoms with Crippen molar-refractivity contribution in [1.82, 2.24) is 0 Å². The Balaban J connectivity index is 2.13. The molecule has 30 heavy (non-hydrogen) atoms. The molecule has 1 aliphatic heterocycles. The van der Waals surface area contributed by atoms with Crippen molar-refractivity contribution in [3.05, 3.63) is 34.9 Å². The Hall–Kier alpha value is -3.09. The first-order valence-electron chi connectivity index (χ1n) is 9.70. The van der Waals surface area contributed by atoms with E-state index in [0.717, 1.165) is 41.1 Å². The normalized spacial score (nSPS) is 12.9. The summed E-state index contributed by atoms with van der Waals surface area (Å²) >= 11 is 0. The number of nitrogens with zero attached hydrogens (tertiary/aromatic N) is 1. The summed E-state index contributed by atoms with van der Waals surface area (Å²) in [4.78, 5) is 0. The molecule has 0 aliphatic carbocycles. The molecule has 3 rings (SSSR count). The summed E-state index contributed by atoms with van der Waals surface area (Å²) in [6.07, 6.45) is 1.53. The fourth-order valence-electron chi connectivity index (χ4n) is 4.00. The summed E-state index contributed by atoms with van der Waals surface area (Å²) in [5.41, 5.74) is 4.42. The maximum absolute atomic E-state index is 5.72. The van der Waals surface area contributed by atoms with Crippen LogP contribution < -0.4 is 28.4 Å². The lowest BCUT2D eigenvalue weighted by Crippen LogP contribution is -2.29. The molecule has 162 valence electrons. The average Bonchev–Trinajstić information content (AvgIpc) is 2.78. The Bertz CT molecular complexity index is 942. The predicted molar refractivity (Wildman–Crippen MR) is 115 cm³/mol. The van der Waals surface area contributed by atoms with E-state index in [4.69, 9.17) is 28.4 Å². The van der Waals surface area contributed by atoms with Crippen LogP contribution in [-0.2, 0) is 12.8 Å². The molecule has 0 bridgehead atoms. The van der Waals surface area contributed by atoms with Gasteiger partial charge in [-0.3, -0.25) is 0 Å². The van der Waals surface area contributed by atoms with Gasteiger partial charge in [-0.15, -0.1) is 0 Å². The molecule has 0 N–H and O–H groups in total. The topological polar surface area (TPSA) is 58.4 Å². The lowest BCUT2D eigenvalue weighted by Gasteiger charge is -2.23. The molecule has 1 heterocycles. The molecule has 0 unspecified atom stereocenters. The first-order chi connectivity index (χ1) is 14.5. The SMILES string of the molecule is COc1cc(CC2=[N+](C)CCc3c2cc(OC)c(OC)c3OC)cc(OC)c1OC. The Kier molecular flexibility index (Phi) is 6.59. The van der Waals surface area contributed by atoms with Gasteiger partial charge in [-0.1, -0.05) is 0 Å². The van der Waals surface area contributed by atoms with Gasteiger partial charge in [0.25, 0.3) is 0 Å². The van der Waals surface area contributed by atoms with Crippen LogP contribution in [0.4, 0.5) is 0 Å². The second-order valence-electron chi connectivity index (χ2n) is 7.00. The Labute approximate surface area is 177 Å². The second-order valence-corrected chi connectivity index (χ2v) is 7.00. The number of methoxy groups -OCH3 is 6. The van der Waals surface area contributed by atoms with Gasteiger partial charge in [0.15, 0.2) is 28.7 Å². The molecule has 2 aromatic rings. The number of likely N-dealkylation sites (N-methyl/N-ethyl adjacent to an activating group) is 1. The maximum Gasteiger partial charge on any atom is 0.203 e. The number of ether oxygens (including phenoxy) is 6. The van der Waals surface area contributed by atoms with Crippen molar-refractivity contribution >= 4 is 5.71 Å². The molecule has 0 fully saturated rings. The lowest BCUT2D eigenvalue weighted by molar-refractivity contribution is -0.498. The smallest absolute Gasteiger partial charge is 0.203 e. The van der Waals surface area contributed by atoms with Crippen molar-refractivity contribution in [1.29, 1.82) is 0 Å². The van der Waals surface area contributed by atoms with Crippen LogP contribution in [-0.4, -0.2) is 66.5 Å². The first-order valence-corrected chi connectivity index (χ1v) is 9.70. The highest BCUT2D eigenvalue weighted by molar-refractivity contribution is 6.01. The minimum Gasteiger partial charge on any atom is -0.493 e. The third-order valence-corrected chi connectivity index (χ3v) is 5.50. The minimum absolute atomic E-state index is 0.583. The highest BCUT2D eigenvalue weighted by Crippen LogP contribution is 2.44. The number of benzene rings is 2. The van der Waals surface area contributed by atoms with Crippen molar-refractivity contribution in [3.8, 4) is 34.5 Å². The number of hydrogen-bond donors (Lipinski definition) is 0. The molecule has 2 aromatic carbocycles. The van der Waals surface area contributed by atoms with Crippen LogP contribution >= 0.6 is 0 Å². The van der Waals surface area contributed by atoms with Crippen LogP contribution in [0.2, 0.25) is 0 Å². The molecule has 0 atom stereocenters. The standard InChI is InChI=1S/C23H30NO6/c1-24-9-8-15-16(13-20(27-4)23(30-7)21(15)28-5)17(24)10-14-11-18(25-2)22(29-6)19(12-14)26-3/h11-13H,8-10H2,1-7H3/q+1. The van der Waals surface area contributed by atoms with E-state index in [9.17, 15) is 0 Å². The van der Waals surface area contributed by atoms with Crippen molar-refractivity contribution in [2.24, 2.45) is 0 Å². The molecule has 7 nitrogen and oxygen atoms in total. The van der Waals surface area contributed by atoms with Crippen molar-refractivity contribution in [2.45, 2.75) is 12.8 Å². The third kappa shape index (κ3) is 3.72. The van der Waals surface area contributed by atoms with Crippen LogP contribution in [0.3, 0.4) is 0 Å². The van der Waals surface area contributed by atoms with Gasteiger partial charge in [0.05, 0.1) is 54.6 Å². The number of rotatable bonds is 8. The van der Waals surface area contributed by atoms with Crippen LogP contribution in [0.5, 0.6) is 34.5 Å². The fourth-order valence-corrected chi connectivity index (χ4v) is 4.00. The van der Waals surface area contributed by atoms with Crippen molar-refractivity contribution in [3.63, 3.8) is 0 Å². The van der Waals surface area contributed by atoms with Crippen LogP contribution in [0.15, 0.2) is 18.2 Å².